The molecule has 0 aliphatic heterocycles. The maximum atomic E-state index is 10.5. The summed E-state index contributed by atoms with van der Waals surface area (Å²) in [5, 5.41) is 0. The average molecular weight is 188 g/mol. The second-order valence-corrected chi connectivity index (χ2v) is 5.20. The van der Waals surface area contributed by atoms with Crippen LogP contribution in [0.15, 0.2) is 0 Å². The van der Waals surface area contributed by atoms with Gasteiger partial charge in [0.25, 0.3) is 10.1 Å². The van der Waals surface area contributed by atoms with E-state index in [4.69, 9.17) is 0 Å². The largest absolute Gasteiger partial charge is 0.333 e. The fourth-order valence-electron chi connectivity index (χ4n) is 0.262. The third-order valence-electron chi connectivity index (χ3n) is 0.776. The normalized spacial score (nSPS) is 15.0. The van der Waals surface area contributed by atoms with Crippen molar-refractivity contribution < 1.29 is 21.7 Å². The Labute approximate surface area is 60.3 Å². The molecule has 0 aliphatic carbocycles. The van der Waals surface area contributed by atoms with E-state index in [1.54, 1.807) is 0 Å². The van der Waals surface area contributed by atoms with Crippen LogP contribution in [-0.4, -0.2) is 28.1 Å². The molecular formula is C3H9O5PS. The van der Waals surface area contributed by atoms with Crippen molar-refractivity contribution in [1.82, 2.24) is 0 Å². The van der Waals surface area contributed by atoms with Gasteiger partial charge in [0.2, 0.25) is 8.03 Å². The molecular weight excluding hydrogens is 179 g/mol. The Morgan fingerprint density at radius 3 is 2.20 bits per heavy atom. The van der Waals surface area contributed by atoms with Gasteiger partial charge < -0.3 is 4.52 Å². The van der Waals surface area contributed by atoms with Crippen molar-refractivity contribution in [3.8, 4) is 0 Å². The molecule has 0 bridgehead atoms. The summed E-state index contributed by atoms with van der Waals surface area (Å²) in [7, 11) is -3.88. The van der Waals surface area contributed by atoms with Crippen LogP contribution in [0.4, 0.5) is 0 Å². The van der Waals surface area contributed by atoms with Crippen LogP contribution >= 0.6 is 8.03 Å². The molecule has 0 aromatic rings. The Morgan fingerprint density at radius 1 is 1.40 bits per heavy atom. The van der Waals surface area contributed by atoms with Gasteiger partial charge in [-0.2, -0.15) is 8.42 Å². The van der Waals surface area contributed by atoms with Gasteiger partial charge in [0.05, 0.1) is 7.11 Å². The lowest BCUT2D eigenvalue weighted by atomic mass is 11.8. The summed E-state index contributed by atoms with van der Waals surface area (Å²) < 4.78 is 39.8. The molecule has 0 aliphatic rings. The smallest absolute Gasteiger partial charge is 0.276 e. The summed E-state index contributed by atoms with van der Waals surface area (Å²) in [6.45, 7) is 0. The minimum Gasteiger partial charge on any atom is -0.333 e. The van der Waals surface area contributed by atoms with Gasteiger partial charge in [-0.1, -0.05) is 0 Å². The van der Waals surface area contributed by atoms with E-state index in [2.05, 4.69) is 8.71 Å². The monoisotopic (exact) mass is 188 g/mol. The van der Waals surface area contributed by atoms with E-state index >= 15 is 0 Å². The first-order valence-corrected chi connectivity index (χ1v) is 5.47. The summed E-state index contributed by atoms with van der Waals surface area (Å²) >= 11 is 0. The molecule has 0 saturated heterocycles. The predicted molar refractivity (Wildman–Crippen MR) is 36.8 cm³/mol. The van der Waals surface area contributed by atoms with E-state index in [1.165, 1.54) is 7.11 Å². The van der Waals surface area contributed by atoms with Crippen LogP contribution in [-0.2, 0) is 23.4 Å². The zero-order chi connectivity index (χ0) is 8.20. The Morgan fingerprint density at radius 2 is 1.90 bits per heavy atom. The minimum absolute atomic E-state index is 0.551. The topological polar surface area (TPSA) is 69.7 Å². The quantitative estimate of drug-likeness (QED) is 0.460. The summed E-state index contributed by atoms with van der Waals surface area (Å²) in [6.07, 6.45) is 0. The second kappa shape index (κ2) is 4.08. The van der Waals surface area contributed by atoms with Gasteiger partial charge in [0, 0.05) is 7.11 Å². The van der Waals surface area contributed by atoms with Crippen LogP contribution in [0, 0.1) is 0 Å². The van der Waals surface area contributed by atoms with Crippen LogP contribution in [0.25, 0.3) is 0 Å². The summed E-state index contributed by atoms with van der Waals surface area (Å²) in [6, 6.07) is 0. The highest BCUT2D eigenvalue weighted by atomic mass is 32.2. The first kappa shape index (κ1) is 10.1. The second-order valence-electron chi connectivity index (χ2n) is 1.44. The highest BCUT2D eigenvalue weighted by Gasteiger charge is 2.12. The Kier molecular flexibility index (Phi) is 4.12. The van der Waals surface area contributed by atoms with Crippen molar-refractivity contribution in [3.05, 3.63) is 0 Å². The van der Waals surface area contributed by atoms with Gasteiger partial charge >= 0.3 is 0 Å². The molecule has 0 aromatic heterocycles. The molecule has 0 aromatic carbocycles. The number of hydrogen-bond donors (Lipinski definition) is 0. The molecule has 1 unspecified atom stereocenters. The lowest BCUT2D eigenvalue weighted by Gasteiger charge is -1.98. The lowest BCUT2D eigenvalue weighted by molar-refractivity contribution is 0.393. The molecule has 5 nitrogen and oxygen atoms in total. The van der Waals surface area contributed by atoms with Crippen molar-refractivity contribution >= 4 is 18.1 Å². The maximum absolute atomic E-state index is 10.5. The van der Waals surface area contributed by atoms with E-state index in [9.17, 15) is 13.0 Å². The standard InChI is InChI=1S/C3H9O5PS/c1-7-9(4)3-10(5,6)8-2/h9H,3H2,1-2H3. The minimum atomic E-state index is -3.62. The molecule has 7 heteroatoms. The van der Waals surface area contributed by atoms with Crippen molar-refractivity contribution in [2.24, 2.45) is 0 Å². The third kappa shape index (κ3) is 4.00. The molecule has 0 heterocycles. The van der Waals surface area contributed by atoms with E-state index in [0.717, 1.165) is 7.11 Å². The molecule has 0 radical (unpaired) electrons. The van der Waals surface area contributed by atoms with E-state index in [1.807, 2.05) is 0 Å². The molecule has 62 valence electrons. The third-order valence-corrected chi connectivity index (χ3v) is 4.10. The molecule has 1 atom stereocenters. The van der Waals surface area contributed by atoms with Gasteiger partial charge in [-0.3, -0.25) is 8.75 Å². The zero-order valence-electron chi connectivity index (χ0n) is 5.66. The van der Waals surface area contributed by atoms with Gasteiger partial charge in [0.1, 0.15) is 5.49 Å². The van der Waals surface area contributed by atoms with Gasteiger partial charge in [-0.25, -0.2) is 0 Å². The van der Waals surface area contributed by atoms with Crippen LogP contribution in [0.3, 0.4) is 0 Å². The first-order chi connectivity index (χ1) is 4.52. The van der Waals surface area contributed by atoms with E-state index in [0.29, 0.717) is 0 Å². The van der Waals surface area contributed by atoms with Gasteiger partial charge in [-0.15, -0.1) is 0 Å². The average Bonchev–Trinajstić information content (AvgIpc) is 1.87. The Hall–Kier alpha value is 0.100. The molecule has 0 saturated carbocycles. The number of rotatable bonds is 4. The zero-order valence-corrected chi connectivity index (χ0v) is 7.47. The van der Waals surface area contributed by atoms with Crippen LogP contribution in [0.5, 0.6) is 0 Å². The van der Waals surface area contributed by atoms with Crippen molar-refractivity contribution in [1.29, 1.82) is 0 Å². The summed E-state index contributed by atoms with van der Waals surface area (Å²) in [5.41, 5.74) is -0.551. The molecule has 0 fully saturated rings. The van der Waals surface area contributed by atoms with Gasteiger partial charge in [0.15, 0.2) is 0 Å². The van der Waals surface area contributed by atoms with E-state index < -0.39 is 23.6 Å². The van der Waals surface area contributed by atoms with Crippen molar-refractivity contribution in [3.63, 3.8) is 0 Å². The fraction of sp³-hybridized carbons (Fsp3) is 1.00. The molecule has 0 amide bonds. The SMILES string of the molecule is CO[PH](=O)CS(=O)(=O)OC. The highest BCUT2D eigenvalue weighted by molar-refractivity contribution is 7.92. The lowest BCUT2D eigenvalue weighted by Crippen LogP contribution is -2.04. The predicted octanol–water partition coefficient (Wildman–Crippen LogP) is 0.0412. The van der Waals surface area contributed by atoms with Crippen molar-refractivity contribution in [2.45, 2.75) is 0 Å². The molecule has 0 N–H and O–H groups in total. The maximum Gasteiger partial charge on any atom is 0.276 e. The molecule has 0 spiro atoms. The fourth-order valence-corrected chi connectivity index (χ4v) is 2.36. The summed E-state index contributed by atoms with van der Waals surface area (Å²) in [4.78, 5) is 0. The summed E-state index contributed by atoms with van der Waals surface area (Å²) in [5.74, 6) is 0. The van der Waals surface area contributed by atoms with Crippen LogP contribution in [0.2, 0.25) is 0 Å². The molecule has 0 rings (SSSR count). The van der Waals surface area contributed by atoms with Crippen LogP contribution in [0.1, 0.15) is 0 Å². The van der Waals surface area contributed by atoms with Gasteiger partial charge in [-0.05, 0) is 0 Å². The molecule has 10 heavy (non-hydrogen) atoms. The Bertz CT molecular complexity index is 207. The first-order valence-electron chi connectivity index (χ1n) is 2.37. The van der Waals surface area contributed by atoms with E-state index in [-0.39, 0.29) is 0 Å². The number of hydrogen-bond acceptors (Lipinski definition) is 5. The highest BCUT2D eigenvalue weighted by Crippen LogP contribution is 2.22. The Balaban J connectivity index is 4.03. The van der Waals surface area contributed by atoms with Crippen molar-refractivity contribution in [2.75, 3.05) is 19.7 Å². The van der Waals surface area contributed by atoms with Crippen LogP contribution < -0.4 is 0 Å².